The molecule has 0 spiro atoms. The van der Waals surface area contributed by atoms with E-state index in [4.69, 9.17) is 4.43 Å². The Morgan fingerprint density at radius 1 is 0.875 bits per heavy atom. The summed E-state index contributed by atoms with van der Waals surface area (Å²) < 4.78 is 6.11. The third-order valence-corrected chi connectivity index (χ3v) is 3.35. The average molecular weight is 230 g/mol. The van der Waals surface area contributed by atoms with Gasteiger partial charge >= 0.3 is 0 Å². The van der Waals surface area contributed by atoms with Gasteiger partial charge in [-0.3, -0.25) is 0 Å². The van der Waals surface area contributed by atoms with Crippen molar-refractivity contribution in [2.75, 3.05) is 0 Å². The summed E-state index contributed by atoms with van der Waals surface area (Å²) in [7, 11) is -1.53. The van der Waals surface area contributed by atoms with Gasteiger partial charge in [0.25, 0.3) is 0 Å². The lowest BCUT2D eigenvalue weighted by Crippen LogP contribution is -2.29. The summed E-state index contributed by atoms with van der Waals surface area (Å²) in [6, 6.07) is 12.7. The molecule has 16 heavy (non-hydrogen) atoms. The summed E-state index contributed by atoms with van der Waals surface area (Å²) in [5.41, 5.74) is 1.30. The Balaban J connectivity index is 2.59. The molecule has 2 aromatic rings. The minimum absolute atomic E-state index is 1.03. The minimum atomic E-state index is -1.53. The number of fused-ring (bicyclic) bond motifs is 1. The van der Waals surface area contributed by atoms with Gasteiger partial charge in [-0.05, 0) is 43.6 Å². The first-order chi connectivity index (χ1) is 7.47. The van der Waals surface area contributed by atoms with Gasteiger partial charge in [-0.2, -0.15) is 0 Å². The van der Waals surface area contributed by atoms with Crippen LogP contribution in [-0.2, 0) is 0 Å². The van der Waals surface area contributed by atoms with E-state index >= 15 is 0 Å². The van der Waals surface area contributed by atoms with Crippen LogP contribution in [0.2, 0.25) is 19.6 Å². The van der Waals surface area contributed by atoms with Gasteiger partial charge in [-0.1, -0.05) is 30.3 Å². The lowest BCUT2D eigenvalue weighted by atomic mass is 10.1. The molecular weight excluding hydrogens is 212 g/mol. The number of aryl methyl sites for hydroxylation is 1. The average Bonchev–Trinajstić information content (AvgIpc) is 2.21. The topological polar surface area (TPSA) is 9.23 Å². The van der Waals surface area contributed by atoms with Crippen LogP contribution in [0.1, 0.15) is 5.56 Å². The van der Waals surface area contributed by atoms with Gasteiger partial charge in [0, 0.05) is 5.39 Å². The molecule has 0 aliphatic heterocycles. The fraction of sp³-hybridized carbons (Fsp3) is 0.286. The smallest absolute Gasteiger partial charge is 0.242 e. The Kier molecular flexibility index (Phi) is 2.76. The Bertz CT molecular complexity index is 512. The summed E-state index contributed by atoms with van der Waals surface area (Å²) in [5, 5.41) is 2.52. The molecule has 0 N–H and O–H groups in total. The van der Waals surface area contributed by atoms with E-state index in [2.05, 4.69) is 63.0 Å². The molecule has 2 aromatic carbocycles. The zero-order valence-electron chi connectivity index (χ0n) is 10.4. The molecule has 0 heterocycles. The van der Waals surface area contributed by atoms with Crippen LogP contribution in [-0.4, -0.2) is 8.32 Å². The molecule has 0 aromatic heterocycles. The summed E-state index contributed by atoms with van der Waals surface area (Å²) in [6.07, 6.45) is 0. The van der Waals surface area contributed by atoms with Gasteiger partial charge in [-0.15, -0.1) is 0 Å². The summed E-state index contributed by atoms with van der Waals surface area (Å²) in [4.78, 5) is 0. The monoisotopic (exact) mass is 230 g/mol. The van der Waals surface area contributed by atoms with Crippen molar-refractivity contribution in [2.45, 2.75) is 26.6 Å². The first-order valence-corrected chi connectivity index (χ1v) is 9.05. The van der Waals surface area contributed by atoms with E-state index in [1.807, 2.05) is 0 Å². The maximum atomic E-state index is 6.11. The number of benzene rings is 2. The van der Waals surface area contributed by atoms with Crippen LogP contribution in [0.4, 0.5) is 0 Å². The predicted octanol–water partition coefficient (Wildman–Crippen LogP) is 4.36. The Morgan fingerprint density at radius 2 is 1.50 bits per heavy atom. The van der Waals surface area contributed by atoms with Gasteiger partial charge in [-0.25, -0.2) is 0 Å². The maximum Gasteiger partial charge on any atom is 0.242 e. The Hall–Kier alpha value is -1.28. The van der Waals surface area contributed by atoms with Gasteiger partial charge in [0.2, 0.25) is 8.32 Å². The minimum Gasteiger partial charge on any atom is -0.544 e. The highest BCUT2D eigenvalue weighted by Gasteiger charge is 2.17. The molecule has 0 aliphatic carbocycles. The molecule has 0 amide bonds. The van der Waals surface area contributed by atoms with Crippen LogP contribution in [0, 0.1) is 6.92 Å². The SMILES string of the molecule is Cc1ccc(O[Si](C)(C)C)c2ccccc12. The molecule has 0 bridgehead atoms. The van der Waals surface area contributed by atoms with Crippen molar-refractivity contribution in [2.24, 2.45) is 0 Å². The zero-order valence-corrected chi connectivity index (χ0v) is 11.4. The number of hydrogen-bond donors (Lipinski definition) is 0. The summed E-state index contributed by atoms with van der Waals surface area (Å²) >= 11 is 0. The van der Waals surface area contributed by atoms with Crippen LogP contribution in [0.5, 0.6) is 5.75 Å². The van der Waals surface area contributed by atoms with Gasteiger partial charge in [0.15, 0.2) is 0 Å². The van der Waals surface area contributed by atoms with Gasteiger partial charge in [0.1, 0.15) is 5.75 Å². The fourth-order valence-electron chi connectivity index (χ4n) is 1.84. The van der Waals surface area contributed by atoms with E-state index in [0.29, 0.717) is 0 Å². The van der Waals surface area contributed by atoms with Crippen molar-refractivity contribution >= 4 is 19.1 Å². The van der Waals surface area contributed by atoms with Crippen molar-refractivity contribution in [3.8, 4) is 5.75 Å². The second kappa shape index (κ2) is 3.94. The second-order valence-electron chi connectivity index (χ2n) is 5.14. The highest BCUT2D eigenvalue weighted by molar-refractivity contribution is 6.70. The molecule has 0 unspecified atom stereocenters. The van der Waals surface area contributed by atoms with Gasteiger partial charge < -0.3 is 4.43 Å². The number of rotatable bonds is 2. The van der Waals surface area contributed by atoms with E-state index in [0.717, 1.165) is 5.75 Å². The van der Waals surface area contributed by atoms with Crippen molar-refractivity contribution in [3.63, 3.8) is 0 Å². The van der Waals surface area contributed by atoms with E-state index in [9.17, 15) is 0 Å². The maximum absolute atomic E-state index is 6.11. The molecule has 0 saturated carbocycles. The molecule has 0 aliphatic rings. The largest absolute Gasteiger partial charge is 0.544 e. The van der Waals surface area contributed by atoms with E-state index in [-0.39, 0.29) is 0 Å². The molecule has 2 heteroatoms. The first-order valence-electron chi connectivity index (χ1n) is 5.65. The second-order valence-corrected chi connectivity index (χ2v) is 9.57. The van der Waals surface area contributed by atoms with Crippen molar-refractivity contribution in [1.29, 1.82) is 0 Å². The lowest BCUT2D eigenvalue weighted by Gasteiger charge is -2.21. The van der Waals surface area contributed by atoms with Crippen LogP contribution in [0.25, 0.3) is 10.8 Å². The normalized spacial score (nSPS) is 11.8. The summed E-state index contributed by atoms with van der Waals surface area (Å²) in [6.45, 7) is 8.77. The van der Waals surface area contributed by atoms with Crippen molar-refractivity contribution in [1.82, 2.24) is 0 Å². The zero-order chi connectivity index (χ0) is 11.8. The third kappa shape index (κ3) is 2.27. The van der Waals surface area contributed by atoms with Gasteiger partial charge in [0.05, 0.1) is 0 Å². The highest BCUT2D eigenvalue weighted by Crippen LogP contribution is 2.29. The van der Waals surface area contributed by atoms with Crippen molar-refractivity contribution in [3.05, 3.63) is 42.0 Å². The molecule has 0 radical (unpaired) electrons. The molecule has 0 saturated heterocycles. The van der Waals surface area contributed by atoms with E-state index < -0.39 is 8.32 Å². The quantitative estimate of drug-likeness (QED) is 0.696. The molecule has 1 nitrogen and oxygen atoms in total. The Morgan fingerprint density at radius 3 is 2.12 bits per heavy atom. The highest BCUT2D eigenvalue weighted by atomic mass is 28.4. The van der Waals surface area contributed by atoms with E-state index in [1.165, 1.54) is 16.3 Å². The predicted molar refractivity (Wildman–Crippen MR) is 72.7 cm³/mol. The molecule has 84 valence electrons. The Labute approximate surface area is 98.2 Å². The first kappa shape index (κ1) is 11.2. The van der Waals surface area contributed by atoms with Crippen LogP contribution in [0.15, 0.2) is 36.4 Å². The standard InChI is InChI=1S/C14H18OSi/c1-11-9-10-14(15-16(2,3)4)13-8-6-5-7-12(11)13/h5-10H,1-4H3. The third-order valence-electron chi connectivity index (χ3n) is 2.52. The summed E-state index contributed by atoms with van der Waals surface area (Å²) in [5.74, 6) is 1.03. The lowest BCUT2D eigenvalue weighted by molar-refractivity contribution is 0.564. The molecular formula is C14H18OSi. The van der Waals surface area contributed by atoms with Crippen LogP contribution < -0.4 is 4.43 Å². The molecule has 0 atom stereocenters. The van der Waals surface area contributed by atoms with Crippen LogP contribution in [0.3, 0.4) is 0 Å². The molecule has 0 fully saturated rings. The van der Waals surface area contributed by atoms with E-state index in [1.54, 1.807) is 0 Å². The molecule has 2 rings (SSSR count). The van der Waals surface area contributed by atoms with Crippen LogP contribution >= 0.6 is 0 Å². The number of hydrogen-bond acceptors (Lipinski definition) is 1. The fourth-order valence-corrected chi connectivity index (χ4v) is 2.68. The van der Waals surface area contributed by atoms with Crippen molar-refractivity contribution < 1.29 is 4.43 Å².